The second kappa shape index (κ2) is 4.56. The van der Waals surface area contributed by atoms with Gasteiger partial charge in [0.05, 0.1) is 0 Å². The van der Waals surface area contributed by atoms with Crippen LogP contribution in [0.5, 0.6) is 0 Å². The first kappa shape index (κ1) is 11.9. The largest absolute Gasteiger partial charge is 0.388 e. The minimum absolute atomic E-state index is 0.153. The zero-order valence-electron chi connectivity index (χ0n) is 10.4. The van der Waals surface area contributed by atoms with Crippen LogP contribution in [0.25, 0.3) is 0 Å². The molecular weight excluding hydrogens is 184 g/mol. The summed E-state index contributed by atoms with van der Waals surface area (Å²) in [5, 5.41) is 6.73. The second-order valence-corrected chi connectivity index (χ2v) is 4.64. The van der Waals surface area contributed by atoms with Crippen molar-refractivity contribution >= 4 is 11.4 Å². The highest BCUT2D eigenvalue weighted by molar-refractivity contribution is 5.61. The molecule has 1 aromatic carbocycles. The number of nitrogens with one attached hydrogen (secondary N) is 2. The van der Waals surface area contributed by atoms with E-state index in [0.29, 0.717) is 0 Å². The fourth-order valence-corrected chi connectivity index (χ4v) is 1.45. The van der Waals surface area contributed by atoms with Crippen LogP contribution in [-0.2, 0) is 0 Å². The zero-order valence-corrected chi connectivity index (χ0v) is 10.4. The van der Waals surface area contributed by atoms with Crippen LogP contribution >= 0.6 is 0 Å². The lowest BCUT2D eigenvalue weighted by atomic mass is 10.0. The summed E-state index contributed by atoms with van der Waals surface area (Å²) in [5.41, 5.74) is 3.79. The molecule has 15 heavy (non-hydrogen) atoms. The molecule has 2 N–H and O–H groups in total. The van der Waals surface area contributed by atoms with Crippen molar-refractivity contribution < 1.29 is 0 Å². The smallest absolute Gasteiger partial charge is 0.0388 e. The molecule has 0 unspecified atom stereocenters. The summed E-state index contributed by atoms with van der Waals surface area (Å²) in [6.07, 6.45) is 1.11. The molecule has 0 aliphatic carbocycles. The Morgan fingerprint density at radius 2 is 1.93 bits per heavy atom. The number of benzene rings is 1. The van der Waals surface area contributed by atoms with Gasteiger partial charge in [-0.05, 0) is 44.9 Å². The first-order chi connectivity index (χ1) is 6.98. The van der Waals surface area contributed by atoms with Crippen LogP contribution < -0.4 is 10.6 Å². The van der Waals surface area contributed by atoms with Crippen molar-refractivity contribution in [3.05, 3.63) is 23.8 Å². The lowest BCUT2D eigenvalue weighted by Gasteiger charge is -2.26. The van der Waals surface area contributed by atoms with Gasteiger partial charge in [-0.3, -0.25) is 0 Å². The fraction of sp³-hybridized carbons (Fsp3) is 0.538. The monoisotopic (exact) mass is 206 g/mol. The predicted molar refractivity (Wildman–Crippen MR) is 68.7 cm³/mol. The van der Waals surface area contributed by atoms with Crippen molar-refractivity contribution in [3.63, 3.8) is 0 Å². The maximum Gasteiger partial charge on any atom is 0.0388 e. The van der Waals surface area contributed by atoms with E-state index in [-0.39, 0.29) is 5.54 Å². The van der Waals surface area contributed by atoms with Gasteiger partial charge in [0.1, 0.15) is 0 Å². The van der Waals surface area contributed by atoms with E-state index in [1.807, 2.05) is 7.05 Å². The van der Waals surface area contributed by atoms with Crippen LogP contribution in [0.15, 0.2) is 18.2 Å². The van der Waals surface area contributed by atoms with Crippen LogP contribution in [0, 0.1) is 6.92 Å². The Labute approximate surface area is 93.1 Å². The summed E-state index contributed by atoms with van der Waals surface area (Å²) in [4.78, 5) is 0. The number of hydrogen-bond donors (Lipinski definition) is 2. The molecule has 84 valence electrons. The fourth-order valence-electron chi connectivity index (χ4n) is 1.45. The van der Waals surface area contributed by atoms with Gasteiger partial charge in [-0.2, -0.15) is 0 Å². The lowest BCUT2D eigenvalue weighted by molar-refractivity contribution is 0.547. The highest BCUT2D eigenvalue weighted by atomic mass is 15.0. The molecule has 0 fully saturated rings. The number of aryl methyl sites for hydroxylation is 1. The first-order valence-electron chi connectivity index (χ1n) is 5.55. The van der Waals surface area contributed by atoms with Crippen molar-refractivity contribution in [1.29, 1.82) is 0 Å². The molecule has 0 saturated carbocycles. The van der Waals surface area contributed by atoms with E-state index in [2.05, 4.69) is 56.5 Å². The average molecular weight is 206 g/mol. The van der Waals surface area contributed by atoms with E-state index in [1.165, 1.54) is 16.9 Å². The van der Waals surface area contributed by atoms with E-state index in [0.717, 1.165) is 6.42 Å². The molecule has 1 aromatic rings. The van der Waals surface area contributed by atoms with Gasteiger partial charge in [0.25, 0.3) is 0 Å². The van der Waals surface area contributed by atoms with Gasteiger partial charge in [-0.25, -0.2) is 0 Å². The molecule has 0 amide bonds. The van der Waals surface area contributed by atoms with Crippen LogP contribution in [0.3, 0.4) is 0 Å². The number of hydrogen-bond acceptors (Lipinski definition) is 2. The maximum absolute atomic E-state index is 3.53. The molecule has 0 bridgehead atoms. The van der Waals surface area contributed by atoms with Gasteiger partial charge < -0.3 is 10.6 Å². The summed E-state index contributed by atoms with van der Waals surface area (Å²) in [6.45, 7) is 8.73. The summed E-state index contributed by atoms with van der Waals surface area (Å²) < 4.78 is 0. The molecule has 1 rings (SSSR count). The molecule has 0 spiro atoms. The van der Waals surface area contributed by atoms with E-state index in [1.54, 1.807) is 0 Å². The first-order valence-corrected chi connectivity index (χ1v) is 5.55. The zero-order chi connectivity index (χ0) is 11.5. The van der Waals surface area contributed by atoms with Crippen molar-refractivity contribution in [1.82, 2.24) is 0 Å². The minimum Gasteiger partial charge on any atom is -0.388 e. The Morgan fingerprint density at radius 1 is 1.27 bits per heavy atom. The van der Waals surface area contributed by atoms with Gasteiger partial charge >= 0.3 is 0 Å². The van der Waals surface area contributed by atoms with Crippen LogP contribution in [-0.4, -0.2) is 12.6 Å². The Bertz CT molecular complexity index is 329. The molecule has 0 aliphatic heterocycles. The SMILES string of the molecule is CCC(C)(C)Nc1ccc(C)c(NC)c1. The Balaban J connectivity index is 2.87. The highest BCUT2D eigenvalue weighted by Crippen LogP contribution is 2.23. The predicted octanol–water partition coefficient (Wildman–Crippen LogP) is 3.64. The van der Waals surface area contributed by atoms with E-state index < -0.39 is 0 Å². The number of rotatable bonds is 4. The summed E-state index contributed by atoms with van der Waals surface area (Å²) in [7, 11) is 1.96. The molecule has 2 heteroatoms. The molecule has 0 aliphatic rings. The quantitative estimate of drug-likeness (QED) is 0.786. The van der Waals surface area contributed by atoms with Crippen molar-refractivity contribution in [2.75, 3.05) is 17.7 Å². The van der Waals surface area contributed by atoms with Crippen LogP contribution in [0.1, 0.15) is 32.8 Å². The van der Waals surface area contributed by atoms with Crippen molar-refractivity contribution in [2.45, 2.75) is 39.7 Å². The van der Waals surface area contributed by atoms with E-state index in [4.69, 9.17) is 0 Å². The van der Waals surface area contributed by atoms with Gasteiger partial charge in [-0.1, -0.05) is 13.0 Å². The Kier molecular flexibility index (Phi) is 3.61. The van der Waals surface area contributed by atoms with Crippen LogP contribution in [0.4, 0.5) is 11.4 Å². The van der Waals surface area contributed by atoms with Crippen molar-refractivity contribution in [3.8, 4) is 0 Å². The van der Waals surface area contributed by atoms with Crippen molar-refractivity contribution in [2.24, 2.45) is 0 Å². The molecule has 2 nitrogen and oxygen atoms in total. The minimum atomic E-state index is 0.153. The third kappa shape index (κ3) is 3.15. The molecule has 0 aromatic heterocycles. The summed E-state index contributed by atoms with van der Waals surface area (Å²) in [5.74, 6) is 0. The molecule has 0 atom stereocenters. The molecule has 0 heterocycles. The second-order valence-electron chi connectivity index (χ2n) is 4.64. The topological polar surface area (TPSA) is 24.1 Å². The third-order valence-corrected chi connectivity index (χ3v) is 2.87. The molecule has 0 radical (unpaired) electrons. The van der Waals surface area contributed by atoms with Gasteiger partial charge in [0.2, 0.25) is 0 Å². The third-order valence-electron chi connectivity index (χ3n) is 2.87. The maximum atomic E-state index is 3.53. The van der Waals surface area contributed by atoms with Gasteiger partial charge in [0, 0.05) is 24.0 Å². The summed E-state index contributed by atoms with van der Waals surface area (Å²) >= 11 is 0. The highest BCUT2D eigenvalue weighted by Gasteiger charge is 2.14. The normalized spacial score (nSPS) is 11.3. The summed E-state index contributed by atoms with van der Waals surface area (Å²) in [6, 6.07) is 6.43. The molecular formula is C13H22N2. The van der Waals surface area contributed by atoms with Crippen LogP contribution in [0.2, 0.25) is 0 Å². The standard InChI is InChI=1S/C13H22N2/c1-6-13(3,4)15-11-8-7-10(2)12(9-11)14-5/h7-9,14-15H,6H2,1-5H3. The van der Waals surface area contributed by atoms with Gasteiger partial charge in [-0.15, -0.1) is 0 Å². The van der Waals surface area contributed by atoms with Gasteiger partial charge in [0.15, 0.2) is 0 Å². The van der Waals surface area contributed by atoms with E-state index in [9.17, 15) is 0 Å². The Hall–Kier alpha value is -1.18. The lowest BCUT2D eigenvalue weighted by Crippen LogP contribution is -2.29. The van der Waals surface area contributed by atoms with E-state index >= 15 is 0 Å². The Morgan fingerprint density at radius 3 is 2.47 bits per heavy atom. The molecule has 0 saturated heterocycles. The number of anilines is 2. The average Bonchev–Trinajstić information content (AvgIpc) is 2.20.